The third-order valence-electron chi connectivity index (χ3n) is 7.19. The Hall–Kier alpha value is -1.88. The van der Waals surface area contributed by atoms with Crippen LogP contribution in [0.15, 0.2) is 30.3 Å². The van der Waals surface area contributed by atoms with Crippen molar-refractivity contribution in [1.82, 2.24) is 10.2 Å². The van der Waals surface area contributed by atoms with Crippen molar-refractivity contribution in [3.05, 3.63) is 35.9 Å². The highest BCUT2D eigenvalue weighted by Crippen LogP contribution is 2.52. The fourth-order valence-electron chi connectivity index (χ4n) is 5.60. The van der Waals surface area contributed by atoms with Crippen molar-refractivity contribution in [3.8, 4) is 0 Å². The molecule has 3 aliphatic heterocycles. The maximum Gasteiger partial charge on any atom is 0.228 e. The first-order chi connectivity index (χ1) is 13.7. The van der Waals surface area contributed by atoms with E-state index in [1.807, 2.05) is 18.2 Å². The number of benzene rings is 1. The van der Waals surface area contributed by atoms with E-state index in [0.29, 0.717) is 19.8 Å². The molecule has 0 aliphatic carbocycles. The predicted octanol–water partition coefficient (Wildman–Crippen LogP) is 2.93. The van der Waals surface area contributed by atoms with E-state index in [9.17, 15) is 9.59 Å². The molecule has 1 aromatic carbocycles. The number of carbonyl (C=O) groups is 2. The molecule has 3 saturated heterocycles. The Morgan fingerprint density at radius 3 is 2.61 bits per heavy atom. The molecule has 4 rings (SSSR count). The lowest BCUT2D eigenvalue weighted by Crippen LogP contribution is -2.51. The first-order valence-corrected chi connectivity index (χ1v) is 10.9. The molecule has 28 heavy (non-hydrogen) atoms. The molecule has 0 aromatic heterocycles. The summed E-state index contributed by atoms with van der Waals surface area (Å²) < 4.78 is 5.43. The van der Waals surface area contributed by atoms with Crippen LogP contribution >= 0.6 is 0 Å². The van der Waals surface area contributed by atoms with Gasteiger partial charge in [-0.25, -0.2) is 0 Å². The Morgan fingerprint density at radius 1 is 1.14 bits per heavy atom. The topological polar surface area (TPSA) is 58.6 Å². The number of hydrogen-bond acceptors (Lipinski definition) is 3. The van der Waals surface area contributed by atoms with Gasteiger partial charge in [0, 0.05) is 37.8 Å². The average Bonchev–Trinajstić information content (AvgIpc) is 3.31. The summed E-state index contributed by atoms with van der Waals surface area (Å²) in [6.07, 6.45) is 6.08. The molecule has 0 spiro atoms. The molecule has 3 heterocycles. The zero-order valence-electron chi connectivity index (χ0n) is 16.9. The minimum Gasteiger partial charge on any atom is -0.381 e. The second kappa shape index (κ2) is 8.24. The molecule has 0 radical (unpaired) electrons. The quantitative estimate of drug-likeness (QED) is 0.820. The van der Waals surface area contributed by atoms with Crippen LogP contribution in [0.2, 0.25) is 0 Å². The van der Waals surface area contributed by atoms with E-state index in [1.165, 1.54) is 5.56 Å². The van der Waals surface area contributed by atoms with Crippen LogP contribution in [-0.4, -0.2) is 48.6 Å². The Bertz CT molecular complexity index is 701. The molecular weight excluding hydrogens is 352 g/mol. The van der Waals surface area contributed by atoms with Gasteiger partial charge >= 0.3 is 0 Å². The number of carbonyl (C=O) groups excluding carboxylic acids is 2. The number of hydrogen-bond donors (Lipinski definition) is 1. The van der Waals surface area contributed by atoms with Crippen molar-refractivity contribution in [2.75, 3.05) is 19.8 Å². The van der Waals surface area contributed by atoms with E-state index in [0.717, 1.165) is 44.9 Å². The largest absolute Gasteiger partial charge is 0.381 e. The number of fused-ring (bicyclic) bond motifs is 2. The van der Waals surface area contributed by atoms with E-state index in [4.69, 9.17) is 4.74 Å². The van der Waals surface area contributed by atoms with Gasteiger partial charge in [-0.3, -0.25) is 9.59 Å². The van der Waals surface area contributed by atoms with Crippen molar-refractivity contribution in [1.29, 1.82) is 0 Å². The van der Waals surface area contributed by atoms with E-state index in [-0.39, 0.29) is 29.8 Å². The molecule has 3 fully saturated rings. The van der Waals surface area contributed by atoms with Gasteiger partial charge in [0.2, 0.25) is 11.8 Å². The van der Waals surface area contributed by atoms with Crippen LogP contribution in [0, 0.1) is 11.3 Å². The SMILES string of the molecule is CC[C@]1(C(=O)NCCc2ccccc2)C[C@H]2CC[C@@H]1N2C(=O)C1CCOCC1. The highest BCUT2D eigenvalue weighted by Gasteiger charge is 2.60. The monoisotopic (exact) mass is 384 g/mol. The Labute approximate surface area is 167 Å². The van der Waals surface area contributed by atoms with Gasteiger partial charge in [-0.2, -0.15) is 0 Å². The molecule has 152 valence electrons. The zero-order valence-corrected chi connectivity index (χ0v) is 16.9. The Balaban J connectivity index is 1.42. The Morgan fingerprint density at radius 2 is 1.89 bits per heavy atom. The van der Waals surface area contributed by atoms with Gasteiger partial charge < -0.3 is 15.0 Å². The summed E-state index contributed by atoms with van der Waals surface area (Å²) in [5, 5.41) is 3.19. The van der Waals surface area contributed by atoms with E-state index in [2.05, 4.69) is 29.3 Å². The number of rotatable bonds is 6. The van der Waals surface area contributed by atoms with E-state index < -0.39 is 5.41 Å². The molecule has 5 heteroatoms. The molecular formula is C23H32N2O3. The van der Waals surface area contributed by atoms with Gasteiger partial charge in [-0.15, -0.1) is 0 Å². The van der Waals surface area contributed by atoms with Crippen LogP contribution in [0.4, 0.5) is 0 Å². The summed E-state index contributed by atoms with van der Waals surface area (Å²) in [6.45, 7) is 4.11. The molecule has 5 nitrogen and oxygen atoms in total. The maximum absolute atomic E-state index is 13.3. The highest BCUT2D eigenvalue weighted by atomic mass is 16.5. The van der Waals surface area contributed by atoms with Crippen molar-refractivity contribution in [2.45, 2.75) is 64.0 Å². The molecule has 1 aromatic rings. The first kappa shape index (κ1) is 19.4. The fourth-order valence-corrected chi connectivity index (χ4v) is 5.60. The van der Waals surface area contributed by atoms with Crippen LogP contribution in [0.1, 0.15) is 51.0 Å². The van der Waals surface area contributed by atoms with Crippen LogP contribution < -0.4 is 5.32 Å². The van der Waals surface area contributed by atoms with Crippen molar-refractivity contribution in [3.63, 3.8) is 0 Å². The lowest BCUT2D eigenvalue weighted by Gasteiger charge is -2.36. The van der Waals surface area contributed by atoms with Gasteiger partial charge in [-0.05, 0) is 50.5 Å². The lowest BCUT2D eigenvalue weighted by molar-refractivity contribution is -0.142. The molecule has 2 bridgehead atoms. The molecule has 3 aliphatic rings. The maximum atomic E-state index is 13.3. The highest BCUT2D eigenvalue weighted by molar-refractivity contribution is 5.87. The molecule has 0 saturated carbocycles. The summed E-state index contributed by atoms with van der Waals surface area (Å²) in [5.74, 6) is 0.483. The summed E-state index contributed by atoms with van der Waals surface area (Å²) in [6, 6.07) is 10.5. The van der Waals surface area contributed by atoms with Gasteiger partial charge in [-0.1, -0.05) is 37.3 Å². The Kier molecular flexibility index (Phi) is 5.72. The number of nitrogens with one attached hydrogen (secondary N) is 1. The van der Waals surface area contributed by atoms with Gasteiger partial charge in [0.05, 0.1) is 5.41 Å². The van der Waals surface area contributed by atoms with Crippen LogP contribution in [0.5, 0.6) is 0 Å². The second-order valence-corrected chi connectivity index (χ2v) is 8.58. The first-order valence-electron chi connectivity index (χ1n) is 10.9. The van der Waals surface area contributed by atoms with Crippen molar-refractivity contribution >= 4 is 11.8 Å². The molecule has 3 atom stereocenters. The minimum atomic E-state index is -0.416. The number of nitrogens with zero attached hydrogens (tertiary/aromatic N) is 1. The standard InChI is InChI=1S/C23H32N2O3/c1-2-23(22(27)24-13-10-17-6-4-3-5-7-17)16-19-8-9-20(23)25(19)21(26)18-11-14-28-15-12-18/h3-7,18-20H,2,8-16H2,1H3,(H,24,27)/t19-,20+,23+/m1/s1. The van der Waals surface area contributed by atoms with E-state index in [1.54, 1.807) is 0 Å². The smallest absolute Gasteiger partial charge is 0.228 e. The van der Waals surface area contributed by atoms with E-state index >= 15 is 0 Å². The third kappa shape index (κ3) is 3.45. The average molecular weight is 385 g/mol. The van der Waals surface area contributed by atoms with Crippen LogP contribution in [-0.2, 0) is 20.7 Å². The van der Waals surface area contributed by atoms with Crippen LogP contribution in [0.3, 0.4) is 0 Å². The lowest BCUT2D eigenvalue weighted by atomic mass is 9.71. The summed E-state index contributed by atoms with van der Waals surface area (Å²) >= 11 is 0. The molecule has 1 N–H and O–H groups in total. The van der Waals surface area contributed by atoms with Gasteiger partial charge in [0.25, 0.3) is 0 Å². The van der Waals surface area contributed by atoms with Crippen molar-refractivity contribution < 1.29 is 14.3 Å². The van der Waals surface area contributed by atoms with Crippen LogP contribution in [0.25, 0.3) is 0 Å². The predicted molar refractivity (Wildman–Crippen MR) is 108 cm³/mol. The molecule has 2 amide bonds. The zero-order chi connectivity index (χ0) is 19.6. The summed E-state index contributed by atoms with van der Waals surface area (Å²) in [5.41, 5.74) is 0.818. The second-order valence-electron chi connectivity index (χ2n) is 8.58. The fraction of sp³-hybridized carbons (Fsp3) is 0.652. The summed E-state index contributed by atoms with van der Waals surface area (Å²) in [7, 11) is 0. The van der Waals surface area contributed by atoms with Gasteiger partial charge in [0.15, 0.2) is 0 Å². The minimum absolute atomic E-state index is 0.0644. The van der Waals surface area contributed by atoms with Crippen molar-refractivity contribution in [2.24, 2.45) is 11.3 Å². The number of amides is 2. The van der Waals surface area contributed by atoms with Gasteiger partial charge in [0.1, 0.15) is 0 Å². The third-order valence-corrected chi connectivity index (χ3v) is 7.19. The molecule has 0 unspecified atom stereocenters. The summed E-state index contributed by atoms with van der Waals surface area (Å²) in [4.78, 5) is 28.6. The normalized spacial score (nSPS) is 29.8. The number of ether oxygens (including phenoxy) is 1.